The molecule has 2 heterocycles. The van der Waals surface area contributed by atoms with E-state index in [9.17, 15) is 4.79 Å². The molecule has 0 aliphatic carbocycles. The van der Waals surface area contributed by atoms with Crippen LogP contribution in [0.4, 0.5) is 0 Å². The van der Waals surface area contributed by atoms with Gasteiger partial charge in [0.15, 0.2) is 0 Å². The Morgan fingerprint density at radius 3 is 1.85 bits per heavy atom. The van der Waals surface area contributed by atoms with Gasteiger partial charge in [-0.2, -0.15) is 0 Å². The Morgan fingerprint density at radius 1 is 0.471 bits per heavy atom. The molecular formula is C31H19NO2. The minimum Gasteiger partial charge on any atom is -0.422 e. The minimum atomic E-state index is -0.306. The van der Waals surface area contributed by atoms with Gasteiger partial charge in [0.25, 0.3) is 0 Å². The van der Waals surface area contributed by atoms with Crippen LogP contribution in [0.2, 0.25) is 0 Å². The van der Waals surface area contributed by atoms with Crippen molar-refractivity contribution >= 4 is 43.5 Å². The highest BCUT2D eigenvalue weighted by molar-refractivity contribution is 6.08. The van der Waals surface area contributed by atoms with Crippen LogP contribution in [0.3, 0.4) is 0 Å². The second-order valence-electron chi connectivity index (χ2n) is 8.65. The molecule has 0 unspecified atom stereocenters. The van der Waals surface area contributed by atoms with Gasteiger partial charge in [0.05, 0.1) is 5.39 Å². The lowest BCUT2D eigenvalue weighted by molar-refractivity contribution is 0.569. The second-order valence-corrected chi connectivity index (χ2v) is 8.65. The van der Waals surface area contributed by atoms with Crippen molar-refractivity contribution in [2.24, 2.45) is 0 Å². The van der Waals surface area contributed by atoms with Gasteiger partial charge in [0.2, 0.25) is 0 Å². The van der Waals surface area contributed by atoms with Crippen LogP contribution in [-0.2, 0) is 0 Å². The lowest BCUT2D eigenvalue weighted by Crippen LogP contribution is -1.99. The molecule has 0 aliphatic rings. The van der Waals surface area contributed by atoms with E-state index in [0.717, 1.165) is 38.5 Å². The van der Waals surface area contributed by atoms with Crippen LogP contribution in [0.5, 0.6) is 0 Å². The van der Waals surface area contributed by atoms with Crippen LogP contribution in [0.1, 0.15) is 0 Å². The first-order chi connectivity index (χ1) is 16.7. The lowest BCUT2D eigenvalue weighted by Gasteiger charge is -2.08. The van der Waals surface area contributed by atoms with E-state index in [1.165, 1.54) is 16.3 Å². The van der Waals surface area contributed by atoms with Crippen molar-refractivity contribution in [3.8, 4) is 22.3 Å². The van der Waals surface area contributed by atoms with Gasteiger partial charge < -0.3 is 9.40 Å². The Labute approximate surface area is 194 Å². The minimum absolute atomic E-state index is 0.306. The number of rotatable bonds is 2. The van der Waals surface area contributed by atoms with Gasteiger partial charge in [-0.05, 0) is 58.0 Å². The first-order valence-electron chi connectivity index (χ1n) is 11.3. The summed E-state index contributed by atoms with van der Waals surface area (Å²) in [4.78, 5) is 16.1. The van der Waals surface area contributed by atoms with E-state index in [2.05, 4.69) is 77.8 Å². The van der Waals surface area contributed by atoms with Gasteiger partial charge in [-0.15, -0.1) is 0 Å². The van der Waals surface area contributed by atoms with Crippen molar-refractivity contribution in [3.63, 3.8) is 0 Å². The van der Waals surface area contributed by atoms with Crippen molar-refractivity contribution in [1.82, 2.24) is 4.98 Å². The zero-order chi connectivity index (χ0) is 22.6. The van der Waals surface area contributed by atoms with Gasteiger partial charge in [-0.25, -0.2) is 4.79 Å². The summed E-state index contributed by atoms with van der Waals surface area (Å²) in [7, 11) is 0. The van der Waals surface area contributed by atoms with E-state index in [1.807, 2.05) is 36.4 Å². The van der Waals surface area contributed by atoms with E-state index in [-0.39, 0.29) is 5.63 Å². The predicted octanol–water partition coefficient (Wildman–Crippen LogP) is 7.91. The molecule has 0 spiro atoms. The molecule has 1 N–H and O–H groups in total. The summed E-state index contributed by atoms with van der Waals surface area (Å²) in [5.74, 6) is 0. The number of fused-ring (bicyclic) bond motifs is 6. The third kappa shape index (κ3) is 2.87. The normalized spacial score (nSPS) is 11.6. The van der Waals surface area contributed by atoms with Crippen molar-refractivity contribution in [2.45, 2.75) is 0 Å². The SMILES string of the molecule is O=c1oc2ccccc2c2ccc(-c3ccc(-c4ccc5[nH]c6ccccc6c5c4)cc3)cc12. The molecule has 160 valence electrons. The smallest absolute Gasteiger partial charge is 0.344 e. The number of para-hydroxylation sites is 2. The summed E-state index contributed by atoms with van der Waals surface area (Å²) in [6.45, 7) is 0. The zero-order valence-electron chi connectivity index (χ0n) is 18.2. The standard InChI is InChI=1S/C31H19NO2/c33-31-27-18-21(13-15-23(27)25-6-2-4-8-30(25)34-31)19-9-11-20(12-10-19)22-14-16-29-26(17-22)24-5-1-3-7-28(24)32-29/h1-18,32H. The first-order valence-corrected chi connectivity index (χ1v) is 11.3. The topological polar surface area (TPSA) is 46.0 Å². The molecule has 0 bridgehead atoms. The Hall–Kier alpha value is -4.63. The Balaban J connectivity index is 1.30. The van der Waals surface area contributed by atoms with Crippen LogP contribution < -0.4 is 5.63 Å². The second kappa shape index (κ2) is 7.19. The Kier molecular flexibility index (Phi) is 4.00. The summed E-state index contributed by atoms with van der Waals surface area (Å²) in [5, 5.41) is 4.93. The largest absolute Gasteiger partial charge is 0.422 e. The van der Waals surface area contributed by atoms with Crippen molar-refractivity contribution in [2.75, 3.05) is 0 Å². The maximum atomic E-state index is 12.6. The molecule has 34 heavy (non-hydrogen) atoms. The zero-order valence-corrected chi connectivity index (χ0v) is 18.2. The van der Waals surface area contributed by atoms with E-state index >= 15 is 0 Å². The molecule has 0 saturated heterocycles. The fraction of sp³-hybridized carbons (Fsp3) is 0. The summed E-state index contributed by atoms with van der Waals surface area (Å²) in [5.41, 5.74) is 6.99. The highest BCUT2D eigenvalue weighted by Crippen LogP contribution is 2.32. The number of H-pyrrole nitrogens is 1. The molecule has 7 aromatic rings. The van der Waals surface area contributed by atoms with E-state index < -0.39 is 0 Å². The average Bonchev–Trinajstić information content (AvgIpc) is 3.27. The fourth-order valence-electron chi connectivity index (χ4n) is 4.94. The molecule has 3 heteroatoms. The molecule has 0 radical (unpaired) electrons. The molecule has 0 fully saturated rings. The van der Waals surface area contributed by atoms with Gasteiger partial charge in [0.1, 0.15) is 5.58 Å². The highest BCUT2D eigenvalue weighted by Gasteiger charge is 2.10. The molecule has 0 saturated carbocycles. The van der Waals surface area contributed by atoms with Crippen molar-refractivity contribution in [3.05, 3.63) is 120 Å². The molecule has 0 amide bonds. The quantitative estimate of drug-likeness (QED) is 0.221. The third-order valence-corrected chi connectivity index (χ3v) is 6.68. The van der Waals surface area contributed by atoms with E-state index in [0.29, 0.717) is 11.0 Å². The summed E-state index contributed by atoms with van der Waals surface area (Å²) in [6.07, 6.45) is 0. The Morgan fingerprint density at radius 2 is 1.06 bits per heavy atom. The molecular weight excluding hydrogens is 418 g/mol. The van der Waals surface area contributed by atoms with Crippen LogP contribution in [0.15, 0.2) is 118 Å². The average molecular weight is 437 g/mol. The van der Waals surface area contributed by atoms with Crippen LogP contribution in [0.25, 0.3) is 65.8 Å². The molecule has 0 atom stereocenters. The number of hydrogen-bond acceptors (Lipinski definition) is 2. The molecule has 7 rings (SSSR count). The molecule has 3 nitrogen and oxygen atoms in total. The highest BCUT2D eigenvalue weighted by atomic mass is 16.4. The number of nitrogens with one attached hydrogen (secondary N) is 1. The van der Waals surface area contributed by atoms with Crippen molar-refractivity contribution in [1.29, 1.82) is 0 Å². The molecule has 5 aromatic carbocycles. The number of hydrogen-bond donors (Lipinski definition) is 1. The number of aromatic nitrogens is 1. The fourth-order valence-corrected chi connectivity index (χ4v) is 4.94. The van der Waals surface area contributed by atoms with Crippen molar-refractivity contribution < 1.29 is 4.42 Å². The van der Waals surface area contributed by atoms with E-state index in [4.69, 9.17) is 4.42 Å². The first kappa shape index (κ1) is 18.9. The van der Waals surface area contributed by atoms with Gasteiger partial charge in [-0.1, -0.05) is 78.9 Å². The lowest BCUT2D eigenvalue weighted by atomic mass is 9.97. The summed E-state index contributed by atoms with van der Waals surface area (Å²) >= 11 is 0. The maximum Gasteiger partial charge on any atom is 0.344 e. The predicted molar refractivity (Wildman–Crippen MR) is 140 cm³/mol. The van der Waals surface area contributed by atoms with Crippen LogP contribution in [-0.4, -0.2) is 4.98 Å². The van der Waals surface area contributed by atoms with Gasteiger partial charge >= 0.3 is 5.63 Å². The number of aromatic amines is 1. The van der Waals surface area contributed by atoms with Crippen LogP contribution >= 0.6 is 0 Å². The maximum absolute atomic E-state index is 12.6. The molecule has 0 aliphatic heterocycles. The summed E-state index contributed by atoms with van der Waals surface area (Å²) in [6, 6.07) is 37.1. The number of benzene rings is 5. The van der Waals surface area contributed by atoms with E-state index in [1.54, 1.807) is 0 Å². The van der Waals surface area contributed by atoms with Gasteiger partial charge in [0, 0.05) is 27.2 Å². The van der Waals surface area contributed by atoms with Crippen LogP contribution in [0, 0.1) is 0 Å². The Bertz CT molecular complexity index is 1920. The summed E-state index contributed by atoms with van der Waals surface area (Å²) < 4.78 is 5.54. The third-order valence-electron chi connectivity index (χ3n) is 6.68. The molecule has 2 aromatic heterocycles. The monoisotopic (exact) mass is 437 g/mol. The van der Waals surface area contributed by atoms with Gasteiger partial charge in [-0.3, -0.25) is 0 Å².